The molecule has 1 saturated heterocycles. The summed E-state index contributed by atoms with van der Waals surface area (Å²) in [6, 6.07) is -0.691. The van der Waals surface area contributed by atoms with Crippen LogP contribution in [0.25, 0.3) is 0 Å². The molecule has 1 fully saturated rings. The largest absolute Gasteiger partial charge is 0.368 e. The SMILES string of the molecule is CC(C(N)=O)N1CCC1C(N)=O. The zero-order valence-corrected chi connectivity index (χ0v) is 6.99. The Morgan fingerprint density at radius 3 is 2.33 bits per heavy atom. The van der Waals surface area contributed by atoms with Gasteiger partial charge in [0.05, 0.1) is 12.1 Å². The first-order valence-electron chi connectivity index (χ1n) is 3.88. The molecule has 1 aliphatic heterocycles. The highest BCUT2D eigenvalue weighted by Crippen LogP contribution is 2.19. The molecule has 0 spiro atoms. The minimum atomic E-state index is -0.416. The molecule has 68 valence electrons. The van der Waals surface area contributed by atoms with Crippen molar-refractivity contribution in [2.24, 2.45) is 11.5 Å². The lowest BCUT2D eigenvalue weighted by Crippen LogP contribution is -2.60. The van der Waals surface area contributed by atoms with E-state index in [1.54, 1.807) is 11.8 Å². The molecule has 1 aliphatic rings. The maximum absolute atomic E-state index is 10.7. The number of amides is 2. The van der Waals surface area contributed by atoms with Crippen LogP contribution in [0.5, 0.6) is 0 Å². The van der Waals surface area contributed by atoms with Gasteiger partial charge in [-0.3, -0.25) is 14.5 Å². The van der Waals surface area contributed by atoms with Crippen LogP contribution in [-0.4, -0.2) is 35.3 Å². The van der Waals surface area contributed by atoms with Crippen LogP contribution in [-0.2, 0) is 9.59 Å². The third-order valence-corrected chi connectivity index (χ3v) is 2.30. The zero-order chi connectivity index (χ0) is 9.30. The van der Waals surface area contributed by atoms with E-state index in [2.05, 4.69) is 0 Å². The highest BCUT2D eigenvalue weighted by atomic mass is 16.2. The second-order valence-corrected chi connectivity index (χ2v) is 3.02. The Bertz CT molecular complexity index is 201. The fraction of sp³-hybridized carbons (Fsp3) is 0.714. The molecule has 0 aromatic heterocycles. The number of likely N-dealkylation sites (tertiary alicyclic amines) is 1. The summed E-state index contributed by atoms with van der Waals surface area (Å²) in [5.74, 6) is -0.796. The Morgan fingerprint density at radius 2 is 2.08 bits per heavy atom. The fourth-order valence-electron chi connectivity index (χ4n) is 1.34. The lowest BCUT2D eigenvalue weighted by Gasteiger charge is -2.41. The molecule has 12 heavy (non-hydrogen) atoms. The van der Waals surface area contributed by atoms with E-state index in [9.17, 15) is 9.59 Å². The first-order valence-corrected chi connectivity index (χ1v) is 3.88. The lowest BCUT2D eigenvalue weighted by molar-refractivity contribution is -0.134. The summed E-state index contributed by atoms with van der Waals surface area (Å²) < 4.78 is 0. The molecule has 0 radical (unpaired) electrons. The number of carbonyl (C=O) groups excluding carboxylic acids is 2. The second kappa shape index (κ2) is 3.10. The van der Waals surface area contributed by atoms with E-state index in [1.165, 1.54) is 0 Å². The van der Waals surface area contributed by atoms with Gasteiger partial charge in [-0.15, -0.1) is 0 Å². The van der Waals surface area contributed by atoms with Gasteiger partial charge in [0, 0.05) is 6.54 Å². The van der Waals surface area contributed by atoms with Gasteiger partial charge < -0.3 is 11.5 Å². The highest BCUT2D eigenvalue weighted by molar-refractivity contribution is 5.84. The van der Waals surface area contributed by atoms with E-state index in [0.29, 0.717) is 0 Å². The normalized spacial score (nSPS) is 25.9. The van der Waals surface area contributed by atoms with Gasteiger partial charge in [0.1, 0.15) is 0 Å². The van der Waals surface area contributed by atoms with Crippen LogP contribution in [0, 0.1) is 0 Å². The Balaban J connectivity index is 2.54. The van der Waals surface area contributed by atoms with Gasteiger partial charge in [0.25, 0.3) is 0 Å². The van der Waals surface area contributed by atoms with Crippen LogP contribution >= 0.6 is 0 Å². The highest BCUT2D eigenvalue weighted by Gasteiger charge is 2.37. The van der Waals surface area contributed by atoms with Crippen molar-refractivity contribution >= 4 is 11.8 Å². The summed E-state index contributed by atoms with van der Waals surface area (Å²) in [5.41, 5.74) is 10.2. The zero-order valence-electron chi connectivity index (χ0n) is 6.99. The van der Waals surface area contributed by atoms with E-state index in [4.69, 9.17) is 11.5 Å². The van der Waals surface area contributed by atoms with Gasteiger partial charge in [0.15, 0.2) is 0 Å². The summed E-state index contributed by atoms with van der Waals surface area (Å²) in [6.45, 7) is 2.40. The van der Waals surface area contributed by atoms with Crippen molar-refractivity contribution < 1.29 is 9.59 Å². The first-order chi connectivity index (χ1) is 5.54. The molecular formula is C7H13N3O2. The van der Waals surface area contributed by atoms with Crippen molar-refractivity contribution in [3.05, 3.63) is 0 Å². The summed E-state index contributed by atoms with van der Waals surface area (Å²) in [6.07, 6.45) is 0.729. The van der Waals surface area contributed by atoms with Crippen molar-refractivity contribution in [1.29, 1.82) is 0 Å². The number of nitrogens with two attached hydrogens (primary N) is 2. The van der Waals surface area contributed by atoms with Crippen LogP contribution < -0.4 is 11.5 Å². The molecule has 2 amide bonds. The molecule has 5 nitrogen and oxygen atoms in total. The molecule has 2 atom stereocenters. The molecule has 1 rings (SSSR count). The van der Waals surface area contributed by atoms with Gasteiger partial charge >= 0.3 is 0 Å². The van der Waals surface area contributed by atoms with Crippen molar-refractivity contribution in [2.45, 2.75) is 25.4 Å². The third kappa shape index (κ3) is 1.40. The van der Waals surface area contributed by atoms with Crippen molar-refractivity contribution in [2.75, 3.05) is 6.54 Å². The molecule has 1 heterocycles. The summed E-state index contributed by atoms with van der Waals surface area (Å²) in [4.78, 5) is 23.2. The van der Waals surface area contributed by atoms with Gasteiger partial charge in [-0.2, -0.15) is 0 Å². The van der Waals surface area contributed by atoms with Crippen molar-refractivity contribution in [3.63, 3.8) is 0 Å². The summed E-state index contributed by atoms with van der Waals surface area (Å²) >= 11 is 0. The maximum atomic E-state index is 10.7. The molecule has 0 saturated carbocycles. The standard InChI is InChI=1S/C7H13N3O2/c1-4(6(8)11)10-3-2-5(10)7(9)12/h4-5H,2-3H2,1H3,(H2,8,11)(H2,9,12). The Morgan fingerprint density at radius 1 is 1.50 bits per heavy atom. The van der Waals surface area contributed by atoms with Gasteiger partial charge in [-0.25, -0.2) is 0 Å². The Kier molecular flexibility index (Phi) is 2.32. The van der Waals surface area contributed by atoms with E-state index in [1.807, 2.05) is 0 Å². The monoisotopic (exact) mass is 171 g/mol. The predicted octanol–water partition coefficient (Wildman–Crippen LogP) is -1.58. The molecule has 0 aliphatic carbocycles. The maximum Gasteiger partial charge on any atom is 0.234 e. The number of rotatable bonds is 3. The van der Waals surface area contributed by atoms with Crippen LogP contribution in [0.3, 0.4) is 0 Å². The quantitative estimate of drug-likeness (QED) is 0.537. The average molecular weight is 171 g/mol. The van der Waals surface area contributed by atoms with Gasteiger partial charge in [0.2, 0.25) is 11.8 Å². The minimum absolute atomic E-state index is 0.299. The number of nitrogens with zero attached hydrogens (tertiary/aromatic N) is 1. The molecular weight excluding hydrogens is 158 g/mol. The topological polar surface area (TPSA) is 89.4 Å². The number of primary amides is 2. The second-order valence-electron chi connectivity index (χ2n) is 3.02. The third-order valence-electron chi connectivity index (χ3n) is 2.30. The Labute approximate surface area is 70.7 Å². The van der Waals surface area contributed by atoms with E-state index < -0.39 is 11.9 Å². The van der Waals surface area contributed by atoms with Crippen molar-refractivity contribution in [1.82, 2.24) is 4.90 Å². The lowest BCUT2D eigenvalue weighted by atomic mass is 9.99. The van der Waals surface area contributed by atoms with E-state index in [0.717, 1.165) is 13.0 Å². The predicted molar refractivity (Wildman–Crippen MR) is 43.0 cm³/mol. The molecule has 4 N–H and O–H groups in total. The average Bonchev–Trinajstić information content (AvgIpc) is 1.82. The summed E-state index contributed by atoms with van der Waals surface area (Å²) in [5, 5.41) is 0. The minimum Gasteiger partial charge on any atom is -0.368 e. The number of hydrogen-bond donors (Lipinski definition) is 2. The van der Waals surface area contributed by atoms with Crippen LogP contribution in [0.1, 0.15) is 13.3 Å². The fourth-order valence-corrected chi connectivity index (χ4v) is 1.34. The number of hydrogen-bond acceptors (Lipinski definition) is 3. The smallest absolute Gasteiger partial charge is 0.234 e. The molecule has 5 heteroatoms. The first kappa shape index (κ1) is 8.99. The van der Waals surface area contributed by atoms with Gasteiger partial charge in [-0.1, -0.05) is 0 Å². The molecule has 0 aromatic carbocycles. The number of carbonyl (C=O) groups is 2. The Hall–Kier alpha value is -1.10. The van der Waals surface area contributed by atoms with E-state index in [-0.39, 0.29) is 11.9 Å². The van der Waals surface area contributed by atoms with Crippen LogP contribution in [0.15, 0.2) is 0 Å². The van der Waals surface area contributed by atoms with Crippen molar-refractivity contribution in [3.8, 4) is 0 Å². The summed E-state index contributed by atoms with van der Waals surface area (Å²) in [7, 11) is 0. The van der Waals surface area contributed by atoms with Crippen LogP contribution in [0.2, 0.25) is 0 Å². The molecule has 2 unspecified atom stereocenters. The van der Waals surface area contributed by atoms with Crippen LogP contribution in [0.4, 0.5) is 0 Å². The molecule has 0 bridgehead atoms. The van der Waals surface area contributed by atoms with Gasteiger partial charge in [-0.05, 0) is 13.3 Å². The van der Waals surface area contributed by atoms with E-state index >= 15 is 0 Å². The molecule has 0 aromatic rings.